The molecule has 0 rings (SSSR count). The molecule has 12 heteroatoms. The van der Waals surface area contributed by atoms with Gasteiger partial charge in [0.25, 0.3) is 0 Å². The van der Waals surface area contributed by atoms with Crippen LogP contribution >= 0.6 is 0 Å². The lowest BCUT2D eigenvalue weighted by Crippen LogP contribution is -2.52. The number of alkyl halides is 8. The van der Waals surface area contributed by atoms with Gasteiger partial charge in [-0.25, -0.2) is 4.74 Å². The number of rotatable bonds is 8. The molecule has 23 heavy (non-hydrogen) atoms. The van der Waals surface area contributed by atoms with Gasteiger partial charge in [0, 0.05) is 6.92 Å². The van der Waals surface area contributed by atoms with Crippen LogP contribution in [0.4, 0.5) is 48.3 Å². The second kappa shape index (κ2) is 6.65. The fourth-order valence-electron chi connectivity index (χ4n) is 1.27. The van der Waals surface area contributed by atoms with E-state index in [0.29, 0.717) is 0 Å². The maximum absolute atomic E-state index is 13.4. The maximum Gasteiger partial charge on any atom is 0.423 e. The number of ether oxygens (including phenoxy) is 1. The highest BCUT2D eigenvalue weighted by Gasteiger charge is 2.66. The average molecular weight is 366 g/mol. The molecule has 1 atom stereocenters. The fraction of sp³-hybridized carbons (Fsp3) is 0.636. The van der Waals surface area contributed by atoms with Crippen LogP contribution in [0, 0.1) is 5.92 Å². The quantitative estimate of drug-likeness (QED) is 0.393. The summed E-state index contributed by atoms with van der Waals surface area (Å²) in [6, 6.07) is 0. The highest BCUT2D eigenvalue weighted by molar-refractivity contribution is 5.10. The van der Waals surface area contributed by atoms with Crippen molar-refractivity contribution >= 4 is 0 Å². The van der Waals surface area contributed by atoms with E-state index in [1.54, 1.807) is 0 Å². The van der Waals surface area contributed by atoms with Gasteiger partial charge in [-0.15, -0.1) is 6.58 Å². The number of hydrogen-bond acceptors (Lipinski definition) is 1. The minimum Gasteiger partial charge on any atom is -0.250 e. The molecule has 0 heterocycles. The zero-order valence-electron chi connectivity index (χ0n) is 11.1. The molecule has 1 nitrogen and oxygen atoms in total. The van der Waals surface area contributed by atoms with Crippen LogP contribution in [0.15, 0.2) is 24.6 Å². The van der Waals surface area contributed by atoms with Gasteiger partial charge in [0.2, 0.25) is 5.83 Å². The Morgan fingerprint density at radius 3 is 1.74 bits per heavy atom. The predicted octanol–water partition coefficient (Wildman–Crippen LogP) is 5.75. The second-order valence-corrected chi connectivity index (χ2v) is 4.34. The van der Waals surface area contributed by atoms with Crippen molar-refractivity contribution < 1.29 is 53.0 Å². The molecule has 0 aliphatic carbocycles. The van der Waals surface area contributed by atoms with Gasteiger partial charge in [-0.05, 0) is 6.42 Å². The summed E-state index contributed by atoms with van der Waals surface area (Å²) < 4.78 is 143. The summed E-state index contributed by atoms with van der Waals surface area (Å²) in [6.45, 7) is 2.14. The first-order valence-corrected chi connectivity index (χ1v) is 5.54. The summed E-state index contributed by atoms with van der Waals surface area (Å²) in [6.07, 6.45) is -16.9. The molecule has 0 bridgehead atoms. The lowest BCUT2D eigenvalue weighted by Gasteiger charge is -2.34. The summed E-state index contributed by atoms with van der Waals surface area (Å²) in [4.78, 5) is 0. The zero-order chi connectivity index (χ0) is 18.9. The lowest BCUT2D eigenvalue weighted by molar-refractivity contribution is -0.447. The summed E-state index contributed by atoms with van der Waals surface area (Å²) in [7, 11) is 0. The highest BCUT2D eigenvalue weighted by atomic mass is 19.3. The Bertz CT molecular complexity index is 459. The van der Waals surface area contributed by atoms with Gasteiger partial charge in [0.05, 0.1) is 0 Å². The molecule has 0 radical (unpaired) electrons. The molecule has 0 saturated carbocycles. The van der Waals surface area contributed by atoms with E-state index in [9.17, 15) is 48.3 Å². The Hall–Kier alpha value is -1.33. The van der Waals surface area contributed by atoms with E-state index < -0.39 is 55.2 Å². The second-order valence-electron chi connectivity index (χ2n) is 4.34. The van der Waals surface area contributed by atoms with Gasteiger partial charge in [-0.3, -0.25) is 0 Å². The van der Waals surface area contributed by atoms with Crippen LogP contribution < -0.4 is 0 Å². The van der Waals surface area contributed by atoms with Crippen molar-refractivity contribution in [3.8, 4) is 0 Å². The van der Waals surface area contributed by atoms with E-state index in [0.717, 1.165) is 0 Å². The molecule has 0 aliphatic heterocycles. The molecule has 0 amide bonds. The molecular formula is C11H9F11O. The smallest absolute Gasteiger partial charge is 0.250 e. The minimum absolute atomic E-state index is 0.238. The van der Waals surface area contributed by atoms with Crippen LogP contribution in [0.5, 0.6) is 0 Å². The molecule has 136 valence electrons. The predicted molar refractivity (Wildman–Crippen MR) is 55.2 cm³/mol. The van der Waals surface area contributed by atoms with Gasteiger partial charge in [0.15, 0.2) is 0 Å². The third-order valence-electron chi connectivity index (χ3n) is 2.48. The Kier molecular flexibility index (Phi) is 6.27. The normalized spacial score (nSPS) is 15.3. The van der Waals surface area contributed by atoms with Crippen LogP contribution in [-0.2, 0) is 4.74 Å². The van der Waals surface area contributed by atoms with Gasteiger partial charge >= 0.3 is 30.1 Å². The fourth-order valence-corrected chi connectivity index (χ4v) is 1.27. The van der Waals surface area contributed by atoms with Crippen LogP contribution in [0.1, 0.15) is 13.3 Å². The van der Waals surface area contributed by atoms with Crippen LogP contribution in [0.25, 0.3) is 0 Å². The Morgan fingerprint density at radius 2 is 1.43 bits per heavy atom. The molecule has 0 saturated heterocycles. The zero-order valence-corrected chi connectivity index (χ0v) is 11.1. The number of halogens is 11. The van der Waals surface area contributed by atoms with E-state index in [4.69, 9.17) is 0 Å². The summed E-state index contributed by atoms with van der Waals surface area (Å²) >= 11 is 0. The van der Waals surface area contributed by atoms with Crippen molar-refractivity contribution in [2.24, 2.45) is 5.92 Å². The average Bonchev–Trinajstić information content (AvgIpc) is 2.31. The molecule has 0 N–H and O–H groups in total. The summed E-state index contributed by atoms with van der Waals surface area (Å²) in [5, 5.41) is 0. The van der Waals surface area contributed by atoms with E-state index in [1.807, 2.05) is 0 Å². The first-order valence-electron chi connectivity index (χ1n) is 5.54. The largest absolute Gasteiger partial charge is 0.423 e. The minimum atomic E-state index is -5.93. The first-order chi connectivity index (χ1) is 10.0. The molecule has 0 fully saturated rings. The third kappa shape index (κ3) is 4.82. The molecule has 0 aliphatic rings. The monoisotopic (exact) mass is 366 g/mol. The third-order valence-corrected chi connectivity index (χ3v) is 2.48. The van der Waals surface area contributed by atoms with Gasteiger partial charge < -0.3 is 0 Å². The molecule has 0 aromatic carbocycles. The van der Waals surface area contributed by atoms with Crippen LogP contribution in [0.2, 0.25) is 0 Å². The standard InChI is InChI=1S/C11H9F11O/c1-3-4-5(9(17,18)6(12)7(13)14)10(19,20)23-11(21,22)8(2,15)16/h3,5H,1,4H2,2H3. The number of hydrogen-bond donors (Lipinski definition) is 0. The van der Waals surface area contributed by atoms with Crippen LogP contribution in [-0.4, -0.2) is 24.1 Å². The molecule has 1 unspecified atom stereocenters. The van der Waals surface area contributed by atoms with Crippen molar-refractivity contribution in [2.45, 2.75) is 37.4 Å². The van der Waals surface area contributed by atoms with Gasteiger partial charge in [0.1, 0.15) is 5.92 Å². The van der Waals surface area contributed by atoms with E-state index in [2.05, 4.69) is 11.3 Å². The van der Waals surface area contributed by atoms with Crippen molar-refractivity contribution in [2.75, 3.05) is 0 Å². The lowest BCUT2D eigenvalue weighted by atomic mass is 9.95. The SMILES string of the molecule is C=CCC(C(F)(F)OC(F)(F)C(C)(F)F)C(F)(F)C(F)=C(F)F. The van der Waals surface area contributed by atoms with Gasteiger partial charge in [-0.2, -0.15) is 48.3 Å². The summed E-state index contributed by atoms with van der Waals surface area (Å²) in [5.41, 5.74) is 0. The van der Waals surface area contributed by atoms with E-state index in [1.165, 1.54) is 0 Å². The first kappa shape index (κ1) is 21.7. The molecule has 0 aromatic rings. The maximum atomic E-state index is 13.4. The van der Waals surface area contributed by atoms with Gasteiger partial charge in [-0.1, -0.05) is 6.08 Å². The number of allylic oxidation sites excluding steroid dienone is 2. The Labute approximate surface area is 122 Å². The molecule has 0 aromatic heterocycles. The van der Waals surface area contributed by atoms with E-state index in [-0.39, 0.29) is 6.08 Å². The highest BCUT2D eigenvalue weighted by Crippen LogP contribution is 2.49. The van der Waals surface area contributed by atoms with Crippen molar-refractivity contribution in [3.63, 3.8) is 0 Å². The molecule has 0 spiro atoms. The van der Waals surface area contributed by atoms with Crippen molar-refractivity contribution in [1.29, 1.82) is 0 Å². The van der Waals surface area contributed by atoms with Crippen molar-refractivity contribution in [1.82, 2.24) is 0 Å². The van der Waals surface area contributed by atoms with E-state index >= 15 is 0 Å². The Balaban J connectivity index is 5.87. The van der Waals surface area contributed by atoms with Crippen molar-refractivity contribution in [3.05, 3.63) is 24.6 Å². The topological polar surface area (TPSA) is 9.23 Å². The van der Waals surface area contributed by atoms with Crippen LogP contribution in [0.3, 0.4) is 0 Å². The molecular weight excluding hydrogens is 357 g/mol. The summed E-state index contributed by atoms with van der Waals surface area (Å²) in [5.74, 6) is -18.5. The Morgan fingerprint density at radius 1 is 1.00 bits per heavy atom.